The van der Waals surface area contributed by atoms with E-state index in [0.29, 0.717) is 26.1 Å². The second kappa shape index (κ2) is 6.69. The van der Waals surface area contributed by atoms with E-state index in [-0.39, 0.29) is 17.9 Å². The number of rotatable bonds is 3. The van der Waals surface area contributed by atoms with Crippen molar-refractivity contribution in [2.75, 3.05) is 20.1 Å². The molecule has 0 aromatic carbocycles. The summed E-state index contributed by atoms with van der Waals surface area (Å²) in [4.78, 5) is 27.9. The van der Waals surface area contributed by atoms with Gasteiger partial charge >= 0.3 is 6.09 Å². The van der Waals surface area contributed by atoms with Gasteiger partial charge in [0.05, 0.1) is 5.92 Å². The third-order valence-electron chi connectivity index (χ3n) is 3.57. The topological polar surface area (TPSA) is 49.9 Å². The lowest BCUT2D eigenvalue weighted by Gasteiger charge is -2.25. The van der Waals surface area contributed by atoms with Gasteiger partial charge < -0.3 is 14.5 Å². The number of thiophene rings is 1. The zero-order valence-electron chi connectivity index (χ0n) is 13.7. The monoisotopic (exact) mass is 324 g/mol. The second-order valence-corrected chi connectivity index (χ2v) is 7.52. The van der Waals surface area contributed by atoms with Gasteiger partial charge in [-0.2, -0.15) is 11.3 Å². The minimum absolute atomic E-state index is 0.0947. The molecule has 1 aliphatic rings. The van der Waals surface area contributed by atoms with Crippen molar-refractivity contribution in [3.63, 3.8) is 0 Å². The minimum atomic E-state index is -0.505. The summed E-state index contributed by atoms with van der Waals surface area (Å²) in [6.45, 7) is 7.18. The molecule has 22 heavy (non-hydrogen) atoms. The van der Waals surface area contributed by atoms with Crippen molar-refractivity contribution in [2.24, 2.45) is 5.92 Å². The van der Waals surface area contributed by atoms with Gasteiger partial charge in [0.1, 0.15) is 5.60 Å². The maximum atomic E-state index is 12.5. The summed E-state index contributed by atoms with van der Waals surface area (Å²) >= 11 is 1.63. The summed E-state index contributed by atoms with van der Waals surface area (Å²) < 4.78 is 5.36. The molecular weight excluding hydrogens is 300 g/mol. The van der Waals surface area contributed by atoms with Gasteiger partial charge in [0.15, 0.2) is 0 Å². The molecule has 1 aromatic rings. The summed E-state index contributed by atoms with van der Waals surface area (Å²) in [5.74, 6) is -0.0339. The van der Waals surface area contributed by atoms with Crippen molar-refractivity contribution in [2.45, 2.75) is 39.3 Å². The third-order valence-corrected chi connectivity index (χ3v) is 4.30. The Hall–Kier alpha value is -1.56. The highest BCUT2D eigenvalue weighted by atomic mass is 32.1. The molecule has 2 rings (SSSR count). The van der Waals surface area contributed by atoms with E-state index in [4.69, 9.17) is 4.74 Å². The van der Waals surface area contributed by atoms with Crippen molar-refractivity contribution in [3.05, 3.63) is 22.4 Å². The highest BCUT2D eigenvalue weighted by Crippen LogP contribution is 2.22. The number of carbonyl (C=O) groups excluding carboxylic acids is 2. The van der Waals surface area contributed by atoms with Crippen LogP contribution in [0.25, 0.3) is 0 Å². The Balaban J connectivity index is 1.86. The fraction of sp³-hybridized carbons (Fsp3) is 0.625. The van der Waals surface area contributed by atoms with E-state index >= 15 is 0 Å². The maximum Gasteiger partial charge on any atom is 0.410 e. The van der Waals surface area contributed by atoms with Gasteiger partial charge in [-0.25, -0.2) is 4.79 Å². The van der Waals surface area contributed by atoms with Crippen molar-refractivity contribution in [3.8, 4) is 0 Å². The van der Waals surface area contributed by atoms with Gasteiger partial charge in [-0.05, 0) is 49.6 Å². The van der Waals surface area contributed by atoms with E-state index in [2.05, 4.69) is 0 Å². The average molecular weight is 324 g/mol. The van der Waals surface area contributed by atoms with Crippen LogP contribution in [0, 0.1) is 5.92 Å². The fourth-order valence-corrected chi connectivity index (χ4v) is 3.16. The lowest BCUT2D eigenvalue weighted by Crippen LogP contribution is -2.38. The highest BCUT2D eigenvalue weighted by Gasteiger charge is 2.34. The van der Waals surface area contributed by atoms with Crippen molar-refractivity contribution in [1.82, 2.24) is 9.80 Å². The lowest BCUT2D eigenvalue weighted by atomic mass is 10.1. The molecule has 1 saturated heterocycles. The molecule has 0 N–H and O–H groups in total. The lowest BCUT2D eigenvalue weighted by molar-refractivity contribution is -0.134. The minimum Gasteiger partial charge on any atom is -0.444 e. The molecule has 0 spiro atoms. The Bertz CT molecular complexity index is 522. The van der Waals surface area contributed by atoms with Crippen LogP contribution in [0.5, 0.6) is 0 Å². The van der Waals surface area contributed by atoms with Crippen LogP contribution in [0.4, 0.5) is 4.79 Å². The Morgan fingerprint density at radius 3 is 2.77 bits per heavy atom. The molecule has 2 amide bonds. The number of hydrogen-bond acceptors (Lipinski definition) is 4. The number of ether oxygens (including phenoxy) is 1. The summed E-state index contributed by atoms with van der Waals surface area (Å²) in [6.07, 6.45) is 0.370. The zero-order chi connectivity index (χ0) is 16.3. The van der Waals surface area contributed by atoms with Gasteiger partial charge in [0.25, 0.3) is 0 Å². The van der Waals surface area contributed by atoms with Crippen LogP contribution in [-0.2, 0) is 16.1 Å². The summed E-state index contributed by atoms with van der Waals surface area (Å²) in [5.41, 5.74) is 0.636. The summed E-state index contributed by atoms with van der Waals surface area (Å²) in [7, 11) is 1.82. The van der Waals surface area contributed by atoms with E-state index in [0.717, 1.165) is 5.56 Å². The molecule has 0 radical (unpaired) electrons. The van der Waals surface area contributed by atoms with Gasteiger partial charge in [0, 0.05) is 26.7 Å². The van der Waals surface area contributed by atoms with Crippen LogP contribution in [0.2, 0.25) is 0 Å². The molecule has 1 aromatic heterocycles. The molecular formula is C16H24N2O3S. The Kier molecular flexibility index (Phi) is 5.11. The van der Waals surface area contributed by atoms with Crippen LogP contribution < -0.4 is 0 Å². The number of amides is 2. The second-order valence-electron chi connectivity index (χ2n) is 6.74. The standard InChI is InChI=1S/C16H24N2O3S/c1-16(2,3)21-15(20)18-7-5-13(10-18)14(19)17(4)9-12-6-8-22-11-12/h6,8,11,13H,5,7,9-10H2,1-4H3. The van der Waals surface area contributed by atoms with E-state index in [1.165, 1.54) is 0 Å². The number of likely N-dealkylation sites (tertiary alicyclic amines) is 1. The molecule has 1 aliphatic heterocycles. The predicted octanol–water partition coefficient (Wildman–Crippen LogP) is 2.96. The average Bonchev–Trinajstić information content (AvgIpc) is 3.06. The van der Waals surface area contributed by atoms with Gasteiger partial charge in [-0.1, -0.05) is 0 Å². The largest absolute Gasteiger partial charge is 0.444 e. The van der Waals surface area contributed by atoms with Gasteiger partial charge in [-0.15, -0.1) is 0 Å². The van der Waals surface area contributed by atoms with E-state index in [1.807, 2.05) is 44.6 Å². The quantitative estimate of drug-likeness (QED) is 0.859. The van der Waals surface area contributed by atoms with E-state index in [9.17, 15) is 9.59 Å². The highest BCUT2D eigenvalue weighted by molar-refractivity contribution is 7.07. The van der Waals surface area contributed by atoms with Crippen LogP contribution in [0.15, 0.2) is 16.8 Å². The fourth-order valence-electron chi connectivity index (χ4n) is 2.50. The van der Waals surface area contributed by atoms with Crippen LogP contribution in [-0.4, -0.2) is 47.5 Å². The van der Waals surface area contributed by atoms with Gasteiger partial charge in [-0.3, -0.25) is 4.79 Å². The molecule has 5 nitrogen and oxygen atoms in total. The van der Waals surface area contributed by atoms with E-state index < -0.39 is 5.60 Å². The van der Waals surface area contributed by atoms with Crippen molar-refractivity contribution in [1.29, 1.82) is 0 Å². The normalized spacial score (nSPS) is 18.4. The van der Waals surface area contributed by atoms with E-state index in [1.54, 1.807) is 21.1 Å². The molecule has 1 atom stereocenters. The molecule has 1 fully saturated rings. The van der Waals surface area contributed by atoms with Crippen LogP contribution in [0.3, 0.4) is 0 Å². The molecule has 6 heteroatoms. The first kappa shape index (κ1) is 16.8. The zero-order valence-corrected chi connectivity index (χ0v) is 14.5. The summed E-state index contributed by atoms with van der Waals surface area (Å²) in [5, 5.41) is 4.05. The predicted molar refractivity (Wildman–Crippen MR) is 86.7 cm³/mol. The third kappa shape index (κ3) is 4.47. The van der Waals surface area contributed by atoms with Gasteiger partial charge in [0.2, 0.25) is 5.91 Å². The molecule has 122 valence electrons. The first-order chi connectivity index (χ1) is 10.3. The molecule has 0 saturated carbocycles. The number of carbonyl (C=O) groups is 2. The molecule has 0 bridgehead atoms. The Morgan fingerprint density at radius 2 is 2.18 bits per heavy atom. The molecule has 0 aliphatic carbocycles. The van der Waals surface area contributed by atoms with Crippen LogP contribution >= 0.6 is 11.3 Å². The molecule has 2 heterocycles. The first-order valence-electron chi connectivity index (χ1n) is 7.50. The Morgan fingerprint density at radius 1 is 1.45 bits per heavy atom. The maximum absolute atomic E-state index is 12.5. The summed E-state index contributed by atoms with van der Waals surface area (Å²) in [6, 6.07) is 2.02. The van der Waals surface area contributed by atoms with Crippen LogP contribution in [0.1, 0.15) is 32.8 Å². The number of hydrogen-bond donors (Lipinski definition) is 0. The smallest absolute Gasteiger partial charge is 0.410 e. The SMILES string of the molecule is CN(Cc1ccsc1)C(=O)C1CCN(C(=O)OC(C)(C)C)C1. The Labute approximate surface area is 135 Å². The van der Waals surface area contributed by atoms with Crippen molar-refractivity contribution < 1.29 is 14.3 Å². The molecule has 1 unspecified atom stereocenters. The van der Waals surface area contributed by atoms with Crippen molar-refractivity contribution >= 4 is 23.3 Å². The first-order valence-corrected chi connectivity index (χ1v) is 8.44. The number of nitrogens with zero attached hydrogens (tertiary/aromatic N) is 2.